The van der Waals surface area contributed by atoms with Gasteiger partial charge in [0.1, 0.15) is 5.82 Å². The Morgan fingerprint density at radius 1 is 1.21 bits per heavy atom. The van der Waals surface area contributed by atoms with Gasteiger partial charge in [-0.05, 0) is 18.8 Å². The number of aliphatic imine (C=N–C) groups is 1. The molecule has 0 radical (unpaired) electrons. The number of guanidine groups is 1. The molecule has 0 aromatic carbocycles. The summed E-state index contributed by atoms with van der Waals surface area (Å²) in [5.74, 6) is 2.32. The molecule has 2 saturated heterocycles. The number of nitrogens with one attached hydrogen (secondary N) is 1. The van der Waals surface area contributed by atoms with Crippen LogP contribution in [-0.4, -0.2) is 92.1 Å². The normalized spacial score (nSPS) is 19.9. The second-order valence-corrected chi connectivity index (χ2v) is 10.1. The Morgan fingerprint density at radius 3 is 2.38 bits per heavy atom. The molecule has 1 N–H and O–H groups in total. The number of nitrogens with zero attached hydrogens (tertiary/aromatic N) is 6. The van der Waals surface area contributed by atoms with E-state index >= 15 is 0 Å². The van der Waals surface area contributed by atoms with Crippen LogP contribution in [0.1, 0.15) is 25.6 Å². The molecular weight excluding hydrogens is 525 g/mol. The van der Waals surface area contributed by atoms with Crippen LogP contribution in [0.15, 0.2) is 4.99 Å². The smallest absolute Gasteiger partial charge is 0.211 e. The van der Waals surface area contributed by atoms with E-state index in [0.29, 0.717) is 19.0 Å². The molecule has 3 heterocycles. The molecule has 9 nitrogen and oxygen atoms in total. The molecule has 29 heavy (non-hydrogen) atoms. The van der Waals surface area contributed by atoms with E-state index in [4.69, 9.17) is 0 Å². The average molecular weight is 558 g/mol. The van der Waals surface area contributed by atoms with Crippen molar-refractivity contribution in [3.8, 4) is 0 Å². The summed E-state index contributed by atoms with van der Waals surface area (Å²) < 4.78 is 29.2. The first-order valence-electron chi connectivity index (χ1n) is 9.89. The van der Waals surface area contributed by atoms with Crippen LogP contribution in [0, 0.1) is 5.92 Å². The average Bonchev–Trinajstić information content (AvgIpc) is 3.18. The van der Waals surface area contributed by atoms with Crippen LogP contribution in [-0.2, 0) is 16.4 Å². The Morgan fingerprint density at radius 2 is 1.86 bits per heavy atom. The number of hydrogen-bond donors (Lipinski definition) is 1. The number of aryl methyl sites for hydroxylation is 1. The van der Waals surface area contributed by atoms with E-state index in [9.17, 15) is 8.42 Å². The Balaban J connectivity index is 0.00000300. The first-order chi connectivity index (χ1) is 13.4. The number of rotatable bonds is 5. The molecule has 12 heteroatoms. The fraction of sp³-hybridized carbons (Fsp3) is 0.824. The largest absolute Gasteiger partial charge is 0.356 e. The van der Waals surface area contributed by atoms with E-state index in [1.54, 1.807) is 4.31 Å². The highest BCUT2D eigenvalue weighted by Crippen LogP contribution is 2.20. The summed E-state index contributed by atoms with van der Waals surface area (Å²) in [6, 6.07) is 0. The van der Waals surface area contributed by atoms with Crippen LogP contribution in [0.5, 0.6) is 0 Å². The number of halogens is 1. The summed E-state index contributed by atoms with van der Waals surface area (Å²) in [5.41, 5.74) is 0. The fourth-order valence-electron chi connectivity index (χ4n) is 3.64. The number of hydrogen-bond acceptors (Lipinski definition) is 7. The number of aromatic nitrogens is 2. The topological polar surface area (TPSA) is 94.0 Å². The molecule has 3 rings (SSSR count). The van der Waals surface area contributed by atoms with Crippen molar-refractivity contribution in [1.29, 1.82) is 0 Å². The maximum absolute atomic E-state index is 11.6. The third kappa shape index (κ3) is 6.62. The van der Waals surface area contributed by atoms with Gasteiger partial charge in [-0.25, -0.2) is 17.7 Å². The SMILES string of the molecule is CCc1nsc(N2CCN(C(=NC)NCC3CCN(S(C)(=O)=O)CC3)CC2)n1.I. The second kappa shape index (κ2) is 11.0. The van der Waals surface area contributed by atoms with Gasteiger partial charge in [-0.15, -0.1) is 24.0 Å². The summed E-state index contributed by atoms with van der Waals surface area (Å²) >= 11 is 1.48. The standard InChI is InChI=1S/C17H31N7O2S2.HI/c1-4-15-20-17(27-21-15)23-11-9-22(10-12-23)16(18-2)19-13-14-5-7-24(8-6-14)28(3,25)26;/h14H,4-13H2,1-3H3,(H,18,19);1H. The van der Waals surface area contributed by atoms with Crippen molar-refractivity contribution in [1.82, 2.24) is 23.9 Å². The Hall–Kier alpha value is -0.730. The maximum Gasteiger partial charge on any atom is 0.211 e. The predicted octanol–water partition coefficient (Wildman–Crippen LogP) is 1.09. The number of anilines is 1. The van der Waals surface area contributed by atoms with E-state index in [-0.39, 0.29) is 24.0 Å². The highest BCUT2D eigenvalue weighted by atomic mass is 127. The number of sulfonamides is 1. The molecule has 0 saturated carbocycles. The van der Waals surface area contributed by atoms with Gasteiger partial charge in [0, 0.05) is 70.8 Å². The Kier molecular flexibility index (Phi) is 9.35. The van der Waals surface area contributed by atoms with Gasteiger partial charge in [-0.1, -0.05) is 6.92 Å². The molecule has 0 spiro atoms. The molecule has 2 aliphatic heterocycles. The van der Waals surface area contributed by atoms with E-state index in [1.165, 1.54) is 17.8 Å². The predicted molar refractivity (Wildman–Crippen MR) is 129 cm³/mol. The molecule has 0 amide bonds. The lowest BCUT2D eigenvalue weighted by molar-refractivity contribution is 0.271. The first kappa shape index (κ1) is 24.5. The molecule has 0 aliphatic carbocycles. The van der Waals surface area contributed by atoms with Crippen molar-refractivity contribution in [3.05, 3.63) is 5.82 Å². The Bertz CT molecular complexity index is 770. The minimum atomic E-state index is -3.06. The minimum absolute atomic E-state index is 0. The van der Waals surface area contributed by atoms with Crippen LogP contribution < -0.4 is 10.2 Å². The molecule has 1 aromatic heterocycles. The van der Waals surface area contributed by atoms with Crippen molar-refractivity contribution in [2.75, 3.05) is 64.0 Å². The summed E-state index contributed by atoms with van der Waals surface area (Å²) in [6.45, 7) is 7.75. The molecule has 0 atom stereocenters. The summed E-state index contributed by atoms with van der Waals surface area (Å²) in [7, 11) is -1.24. The van der Waals surface area contributed by atoms with Crippen molar-refractivity contribution in [3.63, 3.8) is 0 Å². The van der Waals surface area contributed by atoms with Crippen LogP contribution in [0.2, 0.25) is 0 Å². The molecule has 0 bridgehead atoms. The summed E-state index contributed by atoms with van der Waals surface area (Å²) in [5, 5.41) is 4.51. The fourth-order valence-corrected chi connectivity index (χ4v) is 5.31. The van der Waals surface area contributed by atoms with Crippen molar-refractivity contribution in [2.45, 2.75) is 26.2 Å². The van der Waals surface area contributed by atoms with Crippen LogP contribution in [0.4, 0.5) is 5.13 Å². The zero-order valence-electron chi connectivity index (χ0n) is 17.4. The molecule has 0 unspecified atom stereocenters. The van der Waals surface area contributed by atoms with Gasteiger partial charge in [0.05, 0.1) is 6.26 Å². The van der Waals surface area contributed by atoms with Crippen LogP contribution in [0.3, 0.4) is 0 Å². The van der Waals surface area contributed by atoms with Gasteiger partial charge in [0.25, 0.3) is 0 Å². The number of piperidine rings is 1. The van der Waals surface area contributed by atoms with E-state index in [0.717, 1.165) is 68.9 Å². The van der Waals surface area contributed by atoms with Gasteiger partial charge >= 0.3 is 0 Å². The van der Waals surface area contributed by atoms with Gasteiger partial charge in [-0.3, -0.25) is 4.99 Å². The van der Waals surface area contributed by atoms with Gasteiger partial charge < -0.3 is 15.1 Å². The van der Waals surface area contributed by atoms with Crippen LogP contribution >= 0.6 is 35.5 Å². The Labute approximate surface area is 195 Å². The van der Waals surface area contributed by atoms with E-state index < -0.39 is 10.0 Å². The van der Waals surface area contributed by atoms with Gasteiger partial charge in [-0.2, -0.15) is 4.37 Å². The summed E-state index contributed by atoms with van der Waals surface area (Å²) in [4.78, 5) is 13.6. The number of piperazine rings is 1. The van der Waals surface area contributed by atoms with Crippen molar-refractivity contribution >= 4 is 56.6 Å². The lowest BCUT2D eigenvalue weighted by atomic mass is 9.98. The van der Waals surface area contributed by atoms with Crippen molar-refractivity contribution < 1.29 is 8.42 Å². The minimum Gasteiger partial charge on any atom is -0.356 e. The maximum atomic E-state index is 11.6. The van der Waals surface area contributed by atoms with Crippen molar-refractivity contribution in [2.24, 2.45) is 10.9 Å². The summed E-state index contributed by atoms with van der Waals surface area (Å²) in [6.07, 6.45) is 3.94. The van der Waals surface area contributed by atoms with Crippen LogP contribution in [0.25, 0.3) is 0 Å². The van der Waals surface area contributed by atoms with Gasteiger partial charge in [0.15, 0.2) is 5.96 Å². The molecule has 2 fully saturated rings. The third-order valence-electron chi connectivity index (χ3n) is 5.43. The van der Waals surface area contributed by atoms with Gasteiger partial charge in [0.2, 0.25) is 15.2 Å². The highest BCUT2D eigenvalue weighted by molar-refractivity contribution is 14.0. The zero-order chi connectivity index (χ0) is 20.1. The monoisotopic (exact) mass is 557 g/mol. The lowest BCUT2D eigenvalue weighted by Gasteiger charge is -2.37. The molecule has 1 aromatic rings. The van der Waals surface area contributed by atoms with E-state index in [1.807, 2.05) is 7.05 Å². The molecular formula is C17H32IN7O2S2. The quantitative estimate of drug-likeness (QED) is 0.329. The highest BCUT2D eigenvalue weighted by Gasteiger charge is 2.26. The molecule has 2 aliphatic rings. The third-order valence-corrected chi connectivity index (χ3v) is 7.54. The first-order valence-corrected chi connectivity index (χ1v) is 12.5. The zero-order valence-corrected chi connectivity index (χ0v) is 21.3. The second-order valence-electron chi connectivity index (χ2n) is 7.35. The lowest BCUT2D eigenvalue weighted by Crippen LogP contribution is -2.53. The van der Waals surface area contributed by atoms with E-state index in [2.05, 4.69) is 36.4 Å². The molecule has 166 valence electrons.